The molecular weight excluding hydrogens is 390 g/mol. The molecule has 0 fully saturated rings. The van der Waals surface area contributed by atoms with Crippen LogP contribution in [-0.2, 0) is 19.7 Å². The third-order valence-electron chi connectivity index (χ3n) is 4.91. The van der Waals surface area contributed by atoms with Gasteiger partial charge in [-0.3, -0.25) is 4.79 Å². The molecular formula is C23H18ClNO4. The van der Waals surface area contributed by atoms with Crippen LogP contribution >= 0.6 is 11.6 Å². The molecule has 0 saturated heterocycles. The highest BCUT2D eigenvalue weighted by molar-refractivity contribution is 6.31. The number of carbonyl (C=O) groups excluding carboxylic acids is 1. The predicted octanol–water partition coefficient (Wildman–Crippen LogP) is 4.77. The van der Waals surface area contributed by atoms with Crippen LogP contribution in [-0.4, -0.2) is 21.9 Å². The number of carboxylic acids is 1. The lowest BCUT2D eigenvalue weighted by molar-refractivity contribution is 0.0691. The van der Waals surface area contributed by atoms with E-state index in [1.165, 1.54) is 12.1 Å². The first-order chi connectivity index (χ1) is 14.0. The summed E-state index contributed by atoms with van der Waals surface area (Å²) in [6.45, 7) is 1.10. The molecule has 1 heterocycles. The van der Waals surface area contributed by atoms with Crippen LogP contribution in [0.3, 0.4) is 0 Å². The monoisotopic (exact) mass is 407 g/mol. The van der Waals surface area contributed by atoms with Crippen LogP contribution in [0.25, 0.3) is 0 Å². The van der Waals surface area contributed by atoms with Gasteiger partial charge in [0.15, 0.2) is 0 Å². The highest BCUT2D eigenvalue weighted by atomic mass is 35.5. The number of benzene rings is 3. The molecule has 0 aliphatic carbocycles. The summed E-state index contributed by atoms with van der Waals surface area (Å²) in [5, 5.41) is 10.2. The number of ether oxygens (including phenoxy) is 1. The van der Waals surface area contributed by atoms with Crippen molar-refractivity contribution in [3.05, 3.63) is 99.6 Å². The van der Waals surface area contributed by atoms with Crippen molar-refractivity contribution >= 4 is 23.5 Å². The zero-order valence-electron chi connectivity index (χ0n) is 15.5. The van der Waals surface area contributed by atoms with Crippen molar-refractivity contribution in [3.63, 3.8) is 0 Å². The van der Waals surface area contributed by atoms with Gasteiger partial charge in [-0.25, -0.2) is 4.79 Å². The number of fused-ring (bicyclic) bond motifs is 1. The molecule has 0 atom stereocenters. The van der Waals surface area contributed by atoms with Crippen molar-refractivity contribution in [1.29, 1.82) is 0 Å². The zero-order chi connectivity index (χ0) is 20.4. The first-order valence-corrected chi connectivity index (χ1v) is 9.50. The van der Waals surface area contributed by atoms with Crippen LogP contribution in [0.15, 0.2) is 66.7 Å². The Hall–Kier alpha value is -3.31. The van der Waals surface area contributed by atoms with E-state index in [0.29, 0.717) is 23.7 Å². The number of rotatable bonds is 5. The number of halogens is 1. The van der Waals surface area contributed by atoms with E-state index in [1.54, 1.807) is 17.0 Å². The molecule has 0 radical (unpaired) electrons. The molecule has 29 heavy (non-hydrogen) atoms. The lowest BCUT2D eigenvalue weighted by Gasteiger charge is -2.17. The molecule has 0 bridgehead atoms. The van der Waals surface area contributed by atoms with E-state index >= 15 is 0 Å². The minimum atomic E-state index is -1.14. The van der Waals surface area contributed by atoms with E-state index in [2.05, 4.69) is 0 Å². The number of carboxylic acid groups (broad SMARTS) is 1. The van der Waals surface area contributed by atoms with Gasteiger partial charge in [-0.1, -0.05) is 54.1 Å². The summed E-state index contributed by atoms with van der Waals surface area (Å²) < 4.78 is 5.69. The molecule has 6 heteroatoms. The van der Waals surface area contributed by atoms with Gasteiger partial charge in [0.1, 0.15) is 17.9 Å². The Morgan fingerprint density at radius 2 is 1.79 bits per heavy atom. The summed E-state index contributed by atoms with van der Waals surface area (Å²) >= 11 is 6.23. The fourth-order valence-corrected chi connectivity index (χ4v) is 3.65. The van der Waals surface area contributed by atoms with Gasteiger partial charge in [-0.2, -0.15) is 0 Å². The van der Waals surface area contributed by atoms with E-state index in [1.807, 2.05) is 42.5 Å². The van der Waals surface area contributed by atoms with Gasteiger partial charge in [0.05, 0.1) is 0 Å². The van der Waals surface area contributed by atoms with Gasteiger partial charge in [-0.05, 0) is 41.0 Å². The Morgan fingerprint density at radius 3 is 2.52 bits per heavy atom. The SMILES string of the molecule is O=C(O)c1cc(C(=O)N2Cc3cccc(Cl)c3C2)ccc1OCc1ccccc1. The summed E-state index contributed by atoms with van der Waals surface area (Å²) in [5.41, 5.74) is 3.13. The molecule has 5 nitrogen and oxygen atoms in total. The largest absolute Gasteiger partial charge is 0.488 e. The van der Waals surface area contributed by atoms with E-state index in [0.717, 1.165) is 16.7 Å². The van der Waals surface area contributed by atoms with Crippen molar-refractivity contribution < 1.29 is 19.4 Å². The second-order valence-electron chi connectivity index (χ2n) is 6.83. The number of hydrogen-bond acceptors (Lipinski definition) is 3. The highest BCUT2D eigenvalue weighted by Gasteiger charge is 2.27. The van der Waals surface area contributed by atoms with Crippen LogP contribution in [0, 0.1) is 0 Å². The van der Waals surface area contributed by atoms with Gasteiger partial charge in [-0.15, -0.1) is 0 Å². The molecule has 0 aromatic heterocycles. The summed E-state index contributed by atoms with van der Waals surface area (Å²) in [4.78, 5) is 26.3. The standard InChI is InChI=1S/C23H18ClNO4/c24-20-8-4-7-17-12-25(13-19(17)20)22(26)16-9-10-21(18(11-16)23(27)28)29-14-15-5-2-1-3-6-15/h1-11H,12-14H2,(H,27,28). The van der Waals surface area contributed by atoms with Gasteiger partial charge in [0.2, 0.25) is 0 Å². The molecule has 1 aliphatic heterocycles. The molecule has 0 spiro atoms. The zero-order valence-corrected chi connectivity index (χ0v) is 16.2. The Balaban J connectivity index is 1.54. The number of aromatic carboxylic acids is 1. The maximum atomic E-state index is 12.9. The summed E-state index contributed by atoms with van der Waals surface area (Å²) in [6.07, 6.45) is 0. The van der Waals surface area contributed by atoms with Crippen molar-refractivity contribution in [1.82, 2.24) is 4.90 Å². The van der Waals surface area contributed by atoms with E-state index < -0.39 is 5.97 Å². The molecule has 3 aromatic carbocycles. The van der Waals surface area contributed by atoms with Crippen LogP contribution < -0.4 is 4.74 Å². The minimum Gasteiger partial charge on any atom is -0.488 e. The molecule has 146 valence electrons. The average Bonchev–Trinajstić information content (AvgIpc) is 3.18. The van der Waals surface area contributed by atoms with Crippen molar-refractivity contribution in [3.8, 4) is 5.75 Å². The van der Waals surface area contributed by atoms with Gasteiger partial charge in [0.25, 0.3) is 5.91 Å². The van der Waals surface area contributed by atoms with E-state index in [-0.39, 0.29) is 23.8 Å². The number of hydrogen-bond donors (Lipinski definition) is 1. The highest BCUT2D eigenvalue weighted by Crippen LogP contribution is 2.31. The quantitative estimate of drug-likeness (QED) is 0.661. The van der Waals surface area contributed by atoms with Gasteiger partial charge >= 0.3 is 5.97 Å². The fraction of sp³-hybridized carbons (Fsp3) is 0.130. The third-order valence-corrected chi connectivity index (χ3v) is 5.26. The number of carbonyl (C=O) groups is 2. The van der Waals surface area contributed by atoms with Crippen LogP contribution in [0.4, 0.5) is 0 Å². The van der Waals surface area contributed by atoms with Crippen molar-refractivity contribution in [2.45, 2.75) is 19.7 Å². The lowest BCUT2D eigenvalue weighted by Crippen LogP contribution is -2.25. The number of nitrogens with zero attached hydrogens (tertiary/aromatic N) is 1. The molecule has 3 aromatic rings. The smallest absolute Gasteiger partial charge is 0.339 e. The molecule has 4 rings (SSSR count). The van der Waals surface area contributed by atoms with E-state index in [4.69, 9.17) is 16.3 Å². The second kappa shape index (κ2) is 7.97. The van der Waals surface area contributed by atoms with E-state index in [9.17, 15) is 14.7 Å². The molecule has 1 amide bonds. The minimum absolute atomic E-state index is 0.0403. The summed E-state index contributed by atoms with van der Waals surface area (Å²) in [5.74, 6) is -1.16. The molecule has 0 saturated carbocycles. The van der Waals surface area contributed by atoms with Crippen LogP contribution in [0.5, 0.6) is 5.75 Å². The van der Waals surface area contributed by atoms with Gasteiger partial charge in [0, 0.05) is 23.7 Å². The normalized spacial score (nSPS) is 12.5. The predicted molar refractivity (Wildman–Crippen MR) is 109 cm³/mol. The van der Waals surface area contributed by atoms with Gasteiger partial charge < -0.3 is 14.7 Å². The van der Waals surface area contributed by atoms with Crippen molar-refractivity contribution in [2.24, 2.45) is 0 Å². The third kappa shape index (κ3) is 3.96. The summed E-state index contributed by atoms with van der Waals surface area (Å²) in [6, 6.07) is 19.6. The first kappa shape index (κ1) is 19.0. The Kier molecular flexibility index (Phi) is 5.23. The van der Waals surface area contributed by atoms with Crippen LogP contribution in [0.2, 0.25) is 5.02 Å². The number of amides is 1. The fourth-order valence-electron chi connectivity index (χ4n) is 3.40. The Bertz CT molecular complexity index is 1080. The van der Waals surface area contributed by atoms with Crippen LogP contribution in [0.1, 0.15) is 37.4 Å². The average molecular weight is 408 g/mol. The Morgan fingerprint density at radius 1 is 1.00 bits per heavy atom. The van der Waals surface area contributed by atoms with Crippen molar-refractivity contribution in [2.75, 3.05) is 0 Å². The Labute approximate surface area is 173 Å². The molecule has 1 aliphatic rings. The molecule has 1 N–H and O–H groups in total. The first-order valence-electron chi connectivity index (χ1n) is 9.12. The lowest BCUT2D eigenvalue weighted by atomic mass is 10.1. The topological polar surface area (TPSA) is 66.8 Å². The maximum absolute atomic E-state index is 12.9. The molecule has 0 unspecified atom stereocenters. The maximum Gasteiger partial charge on any atom is 0.339 e. The summed E-state index contributed by atoms with van der Waals surface area (Å²) in [7, 11) is 0. The second-order valence-corrected chi connectivity index (χ2v) is 7.24.